The van der Waals surface area contributed by atoms with E-state index >= 15 is 0 Å². The van der Waals surface area contributed by atoms with Crippen LogP contribution in [-0.4, -0.2) is 50.2 Å². The molecular formula is C21H39IN4O. The summed E-state index contributed by atoms with van der Waals surface area (Å²) < 4.78 is 5.29. The Balaban J connectivity index is 0.00000676. The van der Waals surface area contributed by atoms with Crippen LogP contribution in [0.2, 0.25) is 0 Å². The normalized spacial score (nSPS) is 12.6. The van der Waals surface area contributed by atoms with Gasteiger partial charge in [-0.2, -0.15) is 0 Å². The fraction of sp³-hybridized carbons (Fsp3) is 0.667. The number of nitrogens with zero attached hydrogens (tertiary/aromatic N) is 2. The minimum atomic E-state index is 0. The molecular weight excluding hydrogens is 451 g/mol. The summed E-state index contributed by atoms with van der Waals surface area (Å²) in [7, 11) is 1.73. The van der Waals surface area contributed by atoms with Gasteiger partial charge in [-0.15, -0.1) is 24.0 Å². The van der Waals surface area contributed by atoms with Gasteiger partial charge in [0.15, 0.2) is 5.96 Å². The molecule has 0 amide bonds. The molecule has 0 bridgehead atoms. The first-order valence-corrected chi connectivity index (χ1v) is 9.97. The first-order chi connectivity index (χ1) is 12.6. The summed E-state index contributed by atoms with van der Waals surface area (Å²) in [5.41, 5.74) is 2.41. The maximum absolute atomic E-state index is 5.29. The number of methoxy groups -OCH3 is 1. The van der Waals surface area contributed by atoms with Gasteiger partial charge in [-0.25, -0.2) is 4.99 Å². The molecule has 0 fully saturated rings. The van der Waals surface area contributed by atoms with Crippen LogP contribution >= 0.6 is 24.0 Å². The Labute approximate surface area is 183 Å². The molecule has 1 rings (SSSR count). The minimum Gasteiger partial charge on any atom is -0.380 e. The van der Waals surface area contributed by atoms with Gasteiger partial charge >= 0.3 is 0 Å². The van der Waals surface area contributed by atoms with E-state index in [9.17, 15) is 0 Å². The lowest BCUT2D eigenvalue weighted by Gasteiger charge is -2.21. The van der Waals surface area contributed by atoms with Crippen molar-refractivity contribution in [3.05, 3.63) is 35.4 Å². The van der Waals surface area contributed by atoms with E-state index < -0.39 is 0 Å². The Hall–Kier alpha value is -0.860. The van der Waals surface area contributed by atoms with Gasteiger partial charge in [-0.1, -0.05) is 38.1 Å². The fourth-order valence-corrected chi connectivity index (χ4v) is 2.96. The molecule has 156 valence electrons. The molecule has 0 aliphatic carbocycles. The highest BCUT2D eigenvalue weighted by Gasteiger charge is 2.07. The Kier molecular flexibility index (Phi) is 15.6. The molecule has 0 saturated carbocycles. The summed E-state index contributed by atoms with van der Waals surface area (Å²) in [4.78, 5) is 7.24. The number of halogens is 1. The SMILES string of the molecule is CCNC(=NCc1ccccc1COC)NC(C)CCCN(CC)CC.I. The summed E-state index contributed by atoms with van der Waals surface area (Å²) in [6, 6.07) is 8.72. The number of hydrogen-bond donors (Lipinski definition) is 2. The maximum atomic E-state index is 5.29. The van der Waals surface area contributed by atoms with Crippen molar-refractivity contribution in [1.82, 2.24) is 15.5 Å². The first-order valence-electron chi connectivity index (χ1n) is 9.97. The quantitative estimate of drug-likeness (QED) is 0.264. The van der Waals surface area contributed by atoms with E-state index in [-0.39, 0.29) is 24.0 Å². The highest BCUT2D eigenvalue weighted by atomic mass is 127. The van der Waals surface area contributed by atoms with Crippen molar-refractivity contribution >= 4 is 29.9 Å². The van der Waals surface area contributed by atoms with Gasteiger partial charge in [-0.3, -0.25) is 0 Å². The van der Waals surface area contributed by atoms with Crippen molar-refractivity contribution in [2.45, 2.75) is 59.7 Å². The number of nitrogens with one attached hydrogen (secondary N) is 2. The summed E-state index contributed by atoms with van der Waals surface area (Å²) in [6.07, 6.45) is 2.34. The van der Waals surface area contributed by atoms with Crippen LogP contribution in [0.5, 0.6) is 0 Å². The Morgan fingerprint density at radius 2 is 1.81 bits per heavy atom. The Bertz CT molecular complexity index is 521. The average Bonchev–Trinajstić information content (AvgIpc) is 2.65. The lowest BCUT2D eigenvalue weighted by Crippen LogP contribution is -2.42. The smallest absolute Gasteiger partial charge is 0.191 e. The van der Waals surface area contributed by atoms with Crippen molar-refractivity contribution < 1.29 is 4.74 Å². The van der Waals surface area contributed by atoms with Gasteiger partial charge in [0.25, 0.3) is 0 Å². The van der Waals surface area contributed by atoms with E-state index in [0.717, 1.165) is 38.6 Å². The van der Waals surface area contributed by atoms with Crippen LogP contribution in [0.3, 0.4) is 0 Å². The Morgan fingerprint density at radius 1 is 1.15 bits per heavy atom. The molecule has 0 heterocycles. The van der Waals surface area contributed by atoms with Gasteiger partial charge in [0.2, 0.25) is 0 Å². The summed E-state index contributed by atoms with van der Waals surface area (Å²) in [6.45, 7) is 14.3. The first kappa shape index (κ1) is 26.1. The molecule has 1 unspecified atom stereocenters. The van der Waals surface area contributed by atoms with Crippen molar-refractivity contribution in [3.8, 4) is 0 Å². The number of guanidine groups is 1. The highest BCUT2D eigenvalue weighted by Crippen LogP contribution is 2.11. The van der Waals surface area contributed by atoms with Crippen molar-refractivity contribution in [2.75, 3.05) is 33.3 Å². The zero-order chi connectivity index (χ0) is 19.2. The average molecular weight is 490 g/mol. The molecule has 1 aromatic carbocycles. The predicted molar refractivity (Wildman–Crippen MR) is 127 cm³/mol. The van der Waals surface area contributed by atoms with Crippen LogP contribution in [0.4, 0.5) is 0 Å². The van der Waals surface area contributed by atoms with E-state index in [2.05, 4.69) is 61.4 Å². The van der Waals surface area contributed by atoms with Crippen molar-refractivity contribution in [2.24, 2.45) is 4.99 Å². The molecule has 0 spiro atoms. The third kappa shape index (κ3) is 10.9. The molecule has 6 heteroatoms. The second kappa shape index (κ2) is 16.1. The second-order valence-electron chi connectivity index (χ2n) is 6.61. The molecule has 0 aliphatic rings. The van der Waals surface area contributed by atoms with Crippen molar-refractivity contribution in [3.63, 3.8) is 0 Å². The molecule has 1 atom stereocenters. The number of rotatable bonds is 12. The number of benzene rings is 1. The van der Waals surface area contributed by atoms with E-state index in [1.807, 2.05) is 6.07 Å². The standard InChI is InChI=1S/C21H38N4O.HI/c1-6-22-21(24-18(4)12-11-15-25(7-2)8-3)23-16-19-13-9-10-14-20(19)17-26-5;/h9-10,13-14,18H,6-8,11-12,15-17H2,1-5H3,(H2,22,23,24);1H. The second-order valence-corrected chi connectivity index (χ2v) is 6.61. The molecule has 0 saturated heterocycles. The molecule has 1 aromatic rings. The van der Waals surface area contributed by atoms with Gasteiger partial charge in [0.1, 0.15) is 0 Å². The van der Waals surface area contributed by atoms with E-state index in [4.69, 9.17) is 9.73 Å². The third-order valence-electron chi connectivity index (χ3n) is 4.56. The van der Waals surface area contributed by atoms with Crippen LogP contribution in [0.1, 0.15) is 51.7 Å². The molecule has 0 aliphatic heterocycles. The minimum absolute atomic E-state index is 0. The molecule has 27 heavy (non-hydrogen) atoms. The lowest BCUT2D eigenvalue weighted by atomic mass is 10.1. The Morgan fingerprint density at radius 3 is 2.41 bits per heavy atom. The van der Waals surface area contributed by atoms with Crippen LogP contribution in [0.25, 0.3) is 0 Å². The topological polar surface area (TPSA) is 48.9 Å². The molecule has 2 N–H and O–H groups in total. The number of ether oxygens (including phenoxy) is 1. The monoisotopic (exact) mass is 490 g/mol. The van der Waals surface area contributed by atoms with E-state index in [0.29, 0.717) is 19.2 Å². The number of aliphatic imine (C=N–C) groups is 1. The molecule has 0 aromatic heterocycles. The van der Waals surface area contributed by atoms with Gasteiger partial charge in [0.05, 0.1) is 13.2 Å². The zero-order valence-electron chi connectivity index (χ0n) is 17.8. The zero-order valence-corrected chi connectivity index (χ0v) is 20.1. The lowest BCUT2D eigenvalue weighted by molar-refractivity contribution is 0.184. The maximum Gasteiger partial charge on any atom is 0.191 e. The van der Waals surface area contributed by atoms with E-state index in [1.165, 1.54) is 17.5 Å². The van der Waals surface area contributed by atoms with Gasteiger partial charge < -0.3 is 20.3 Å². The van der Waals surface area contributed by atoms with Crippen LogP contribution < -0.4 is 10.6 Å². The summed E-state index contributed by atoms with van der Waals surface area (Å²) in [5, 5.41) is 6.89. The van der Waals surface area contributed by atoms with E-state index in [1.54, 1.807) is 7.11 Å². The van der Waals surface area contributed by atoms with Gasteiger partial charge in [0, 0.05) is 19.7 Å². The third-order valence-corrected chi connectivity index (χ3v) is 4.56. The predicted octanol–water partition coefficient (Wildman–Crippen LogP) is 4.02. The largest absolute Gasteiger partial charge is 0.380 e. The molecule has 5 nitrogen and oxygen atoms in total. The van der Waals surface area contributed by atoms with Crippen molar-refractivity contribution in [1.29, 1.82) is 0 Å². The summed E-state index contributed by atoms with van der Waals surface area (Å²) in [5.74, 6) is 0.884. The van der Waals surface area contributed by atoms with Crippen LogP contribution in [-0.2, 0) is 17.9 Å². The van der Waals surface area contributed by atoms with Crippen LogP contribution in [0.15, 0.2) is 29.3 Å². The number of hydrogen-bond acceptors (Lipinski definition) is 3. The molecule has 0 radical (unpaired) electrons. The fourth-order valence-electron chi connectivity index (χ4n) is 2.96. The summed E-state index contributed by atoms with van der Waals surface area (Å²) >= 11 is 0. The van der Waals surface area contributed by atoms with Crippen LogP contribution in [0, 0.1) is 0 Å². The van der Waals surface area contributed by atoms with Gasteiger partial charge in [-0.05, 0) is 57.5 Å². The highest BCUT2D eigenvalue weighted by molar-refractivity contribution is 14.0.